The van der Waals surface area contributed by atoms with E-state index in [1.165, 1.54) is 33.3 Å². The number of carbonyl (C=O) groups excluding carboxylic acids is 1. The SMILES string of the molecule is CCC(C)(C)C(=O)/C=C(\O)C(C)(C)CC.Cc1[c-]c(-c2nc3ccc([Si](C)(C)C)cc3cc2-c2ccccc2)cc(C)c1.[Ir]. The first-order valence-electron chi connectivity index (χ1n) is 15.5. The number of fused-ring (bicyclic) bond motifs is 1. The summed E-state index contributed by atoms with van der Waals surface area (Å²) < 4.78 is 0. The minimum atomic E-state index is -1.37. The first kappa shape index (κ1) is 37.3. The van der Waals surface area contributed by atoms with Crippen LogP contribution in [-0.2, 0) is 24.9 Å². The molecule has 1 radical (unpaired) electrons. The normalized spacial score (nSPS) is 12.3. The molecule has 0 unspecified atom stereocenters. The summed E-state index contributed by atoms with van der Waals surface area (Å²) in [4.78, 5) is 16.9. The zero-order valence-electron chi connectivity index (χ0n) is 28.5. The molecule has 0 saturated heterocycles. The Hall–Kier alpha value is -2.85. The number of hydrogen-bond acceptors (Lipinski definition) is 3. The molecule has 1 heterocycles. The van der Waals surface area contributed by atoms with Crippen LogP contribution in [0.5, 0.6) is 0 Å². The second kappa shape index (κ2) is 15.0. The van der Waals surface area contributed by atoms with Crippen molar-refractivity contribution < 1.29 is 30.0 Å². The number of hydrogen-bond donors (Lipinski definition) is 1. The molecule has 0 spiro atoms. The molecule has 44 heavy (non-hydrogen) atoms. The number of benzene rings is 3. The van der Waals surface area contributed by atoms with Gasteiger partial charge in [-0.3, -0.25) is 9.78 Å². The fourth-order valence-electron chi connectivity index (χ4n) is 4.58. The van der Waals surface area contributed by atoms with Crippen LogP contribution in [0.25, 0.3) is 33.3 Å². The van der Waals surface area contributed by atoms with Gasteiger partial charge in [0.1, 0.15) is 5.76 Å². The quantitative estimate of drug-likeness (QED) is 0.0838. The van der Waals surface area contributed by atoms with Gasteiger partial charge in [-0.2, -0.15) is 0 Å². The zero-order chi connectivity index (χ0) is 32.2. The maximum atomic E-state index is 11.8. The summed E-state index contributed by atoms with van der Waals surface area (Å²) in [6.45, 7) is 23.0. The van der Waals surface area contributed by atoms with Crippen molar-refractivity contribution in [2.24, 2.45) is 10.8 Å². The summed E-state index contributed by atoms with van der Waals surface area (Å²) in [6, 6.07) is 27.5. The van der Waals surface area contributed by atoms with Gasteiger partial charge in [0.2, 0.25) is 0 Å². The Balaban J connectivity index is 0.000000363. The van der Waals surface area contributed by atoms with E-state index in [0.717, 1.165) is 35.2 Å². The molecule has 3 aromatic carbocycles. The van der Waals surface area contributed by atoms with E-state index in [-0.39, 0.29) is 42.5 Å². The van der Waals surface area contributed by atoms with Gasteiger partial charge in [-0.25, -0.2) is 0 Å². The van der Waals surface area contributed by atoms with E-state index in [1.54, 1.807) is 0 Å². The molecule has 0 aliphatic carbocycles. The molecule has 0 bridgehead atoms. The summed E-state index contributed by atoms with van der Waals surface area (Å²) in [7, 11) is -1.37. The second-order valence-corrected chi connectivity index (χ2v) is 19.1. The number of ketones is 1. The minimum absolute atomic E-state index is 0. The monoisotopic (exact) mass is 785 g/mol. The molecule has 0 saturated carbocycles. The predicted octanol–water partition coefficient (Wildman–Crippen LogP) is 10.4. The molecule has 3 nitrogen and oxygen atoms in total. The van der Waals surface area contributed by atoms with Gasteiger partial charge in [-0.05, 0) is 41.1 Å². The Bertz CT molecular complexity index is 1590. The van der Waals surface area contributed by atoms with E-state index in [4.69, 9.17) is 4.98 Å². The Morgan fingerprint density at radius 1 is 0.886 bits per heavy atom. The number of carbonyl (C=O) groups is 1. The molecule has 237 valence electrons. The summed E-state index contributed by atoms with van der Waals surface area (Å²) in [5, 5.41) is 12.5. The van der Waals surface area contributed by atoms with Crippen LogP contribution in [0.2, 0.25) is 19.6 Å². The molecule has 1 N–H and O–H groups in total. The Morgan fingerprint density at radius 3 is 2.05 bits per heavy atom. The van der Waals surface area contributed by atoms with Crippen LogP contribution in [0.15, 0.2) is 78.6 Å². The zero-order valence-corrected chi connectivity index (χ0v) is 31.9. The van der Waals surface area contributed by atoms with E-state index in [9.17, 15) is 9.90 Å². The number of aromatic nitrogens is 1. The van der Waals surface area contributed by atoms with Gasteiger partial charge in [0.25, 0.3) is 0 Å². The van der Waals surface area contributed by atoms with Crippen molar-refractivity contribution in [3.63, 3.8) is 0 Å². The topological polar surface area (TPSA) is 50.2 Å². The van der Waals surface area contributed by atoms with Gasteiger partial charge in [0.05, 0.1) is 13.6 Å². The van der Waals surface area contributed by atoms with Crippen LogP contribution in [-0.4, -0.2) is 23.9 Å². The van der Waals surface area contributed by atoms with Gasteiger partial charge in [0.15, 0.2) is 5.78 Å². The average Bonchev–Trinajstić information content (AvgIpc) is 2.95. The van der Waals surface area contributed by atoms with Crippen LogP contribution in [0.1, 0.15) is 65.5 Å². The number of allylic oxidation sites excluding steroid dienone is 2. The van der Waals surface area contributed by atoms with E-state index >= 15 is 0 Å². The van der Waals surface area contributed by atoms with E-state index in [0.29, 0.717) is 0 Å². The number of rotatable bonds is 8. The first-order chi connectivity index (χ1) is 20.0. The Kier molecular flexibility index (Phi) is 12.7. The van der Waals surface area contributed by atoms with E-state index in [2.05, 4.69) is 106 Å². The fourth-order valence-corrected chi connectivity index (χ4v) is 5.75. The molecule has 0 fully saturated rings. The van der Waals surface area contributed by atoms with Crippen molar-refractivity contribution in [3.8, 4) is 22.4 Å². The number of aryl methyl sites for hydroxylation is 2. The van der Waals surface area contributed by atoms with Crippen LogP contribution in [0, 0.1) is 30.7 Å². The Morgan fingerprint density at radius 2 is 1.50 bits per heavy atom. The third-order valence-corrected chi connectivity index (χ3v) is 10.6. The number of pyridine rings is 1. The average molecular weight is 785 g/mol. The molecule has 4 aromatic rings. The standard InChI is InChI=1S/C26H26NSi.C13H24O2.Ir/c1-18-13-19(2)15-22(14-18)26-24(20-9-7-6-8-10-20)17-21-16-23(28(3,4)5)11-12-25(21)27-26;1-7-12(3,4)10(14)9-11(15)13(5,6)8-2;/h6-14,16-17H,1-5H3;9,14H,7-8H2,1-6H3;/q-1;;/b;10-9-;. The van der Waals surface area contributed by atoms with Crippen molar-refractivity contribution >= 4 is 29.9 Å². The summed E-state index contributed by atoms with van der Waals surface area (Å²) in [6.07, 6.45) is 2.99. The Labute approximate surface area is 280 Å². The molecule has 1 aromatic heterocycles. The molecular weight excluding hydrogens is 735 g/mol. The maximum absolute atomic E-state index is 11.8. The van der Waals surface area contributed by atoms with Crippen LogP contribution in [0.3, 0.4) is 0 Å². The van der Waals surface area contributed by atoms with Gasteiger partial charge < -0.3 is 5.11 Å². The van der Waals surface area contributed by atoms with Crippen LogP contribution < -0.4 is 5.19 Å². The van der Waals surface area contributed by atoms with Gasteiger partial charge in [0, 0.05) is 37.0 Å². The molecular formula is C39H50IrNO2Si-. The van der Waals surface area contributed by atoms with E-state index in [1.807, 2.05) is 41.5 Å². The molecule has 0 aliphatic heterocycles. The third kappa shape index (κ3) is 9.33. The largest absolute Gasteiger partial charge is 0.512 e. The van der Waals surface area contributed by atoms with Crippen molar-refractivity contribution in [1.82, 2.24) is 4.98 Å². The fraction of sp³-hybridized carbons (Fsp3) is 0.385. The smallest absolute Gasteiger partial charge is 0.164 e. The number of aliphatic hydroxyl groups is 1. The van der Waals surface area contributed by atoms with Crippen molar-refractivity contribution in [2.45, 2.75) is 87.9 Å². The predicted molar refractivity (Wildman–Crippen MR) is 188 cm³/mol. The summed E-state index contributed by atoms with van der Waals surface area (Å²) in [5.74, 6) is 0.195. The summed E-state index contributed by atoms with van der Waals surface area (Å²) >= 11 is 0. The van der Waals surface area contributed by atoms with Crippen molar-refractivity contribution in [3.05, 3.63) is 95.8 Å². The maximum Gasteiger partial charge on any atom is 0.164 e. The summed E-state index contributed by atoms with van der Waals surface area (Å²) in [5.41, 5.74) is 7.17. The minimum Gasteiger partial charge on any atom is -0.512 e. The molecule has 0 aliphatic rings. The molecule has 4 rings (SSSR count). The molecule has 5 heteroatoms. The number of aliphatic hydroxyl groups excluding tert-OH is 1. The molecule has 0 atom stereocenters. The van der Waals surface area contributed by atoms with Gasteiger partial charge >= 0.3 is 0 Å². The van der Waals surface area contributed by atoms with Crippen molar-refractivity contribution in [1.29, 1.82) is 0 Å². The molecule has 0 amide bonds. The van der Waals surface area contributed by atoms with Crippen molar-refractivity contribution in [2.75, 3.05) is 0 Å². The van der Waals surface area contributed by atoms with Gasteiger partial charge in [-0.1, -0.05) is 129 Å². The number of nitrogens with zero attached hydrogens (tertiary/aromatic N) is 1. The van der Waals surface area contributed by atoms with Crippen LogP contribution >= 0.6 is 0 Å². The van der Waals surface area contributed by atoms with Gasteiger partial charge in [-0.15, -0.1) is 34.9 Å². The first-order valence-corrected chi connectivity index (χ1v) is 19.0. The third-order valence-electron chi connectivity index (χ3n) is 8.56. The van der Waals surface area contributed by atoms with Crippen LogP contribution in [0.4, 0.5) is 0 Å². The van der Waals surface area contributed by atoms with E-state index < -0.39 is 8.07 Å². The second-order valence-electron chi connectivity index (χ2n) is 14.0.